The van der Waals surface area contributed by atoms with Gasteiger partial charge in [-0.2, -0.15) is 0 Å². The van der Waals surface area contributed by atoms with Crippen LogP contribution in [0.3, 0.4) is 0 Å². The molecule has 0 atom stereocenters. The average molecular weight is 415 g/mol. The van der Waals surface area contributed by atoms with Gasteiger partial charge in [0.25, 0.3) is 11.5 Å². The van der Waals surface area contributed by atoms with E-state index in [-0.39, 0.29) is 11.5 Å². The highest BCUT2D eigenvalue weighted by molar-refractivity contribution is 5.97. The summed E-state index contributed by atoms with van der Waals surface area (Å²) in [5.41, 5.74) is 2.23. The van der Waals surface area contributed by atoms with E-state index in [1.54, 1.807) is 56.7 Å². The molecular weight excluding hydrogens is 394 g/mol. The third kappa shape index (κ3) is 4.11. The number of methoxy groups -OCH3 is 2. The lowest BCUT2D eigenvalue weighted by Gasteiger charge is -2.10. The van der Waals surface area contributed by atoms with Crippen LogP contribution in [-0.2, 0) is 6.54 Å². The Balaban J connectivity index is 1.58. The number of amides is 1. The van der Waals surface area contributed by atoms with Crippen LogP contribution in [0.25, 0.3) is 16.6 Å². The fourth-order valence-electron chi connectivity index (χ4n) is 3.32. The average Bonchev–Trinajstić information content (AvgIpc) is 2.83. The normalized spacial score (nSPS) is 10.6. The van der Waals surface area contributed by atoms with Crippen LogP contribution in [0.15, 0.2) is 77.9 Å². The minimum atomic E-state index is -0.256. The fraction of sp³-hybridized carbons (Fsp3) is 0.125. The summed E-state index contributed by atoms with van der Waals surface area (Å²) in [5, 5.41) is 3.31. The summed E-state index contributed by atoms with van der Waals surface area (Å²) in [5.74, 6) is 1.16. The standard InChI is InChI=1S/C24H21N3O4/c1-30-19-10-8-18(9-11-19)27-15-26-21-13-16(7-12-20(21)24(27)29)23(28)25-14-17-5-3-4-6-22(17)31-2/h3-13,15H,14H2,1-2H3,(H,25,28). The molecule has 0 saturated heterocycles. The summed E-state index contributed by atoms with van der Waals surface area (Å²) in [7, 11) is 3.18. The van der Waals surface area contributed by atoms with E-state index >= 15 is 0 Å². The summed E-state index contributed by atoms with van der Waals surface area (Å²) < 4.78 is 11.9. The molecule has 1 heterocycles. The molecule has 0 bridgehead atoms. The summed E-state index contributed by atoms with van der Waals surface area (Å²) in [6, 6.07) is 19.5. The molecule has 3 aromatic carbocycles. The predicted molar refractivity (Wildman–Crippen MR) is 118 cm³/mol. The summed E-state index contributed by atoms with van der Waals surface area (Å²) in [6.45, 7) is 0.327. The molecule has 0 spiro atoms. The Morgan fingerprint density at radius 2 is 1.77 bits per heavy atom. The highest BCUT2D eigenvalue weighted by atomic mass is 16.5. The lowest BCUT2D eigenvalue weighted by Crippen LogP contribution is -2.23. The van der Waals surface area contributed by atoms with Crippen molar-refractivity contribution >= 4 is 16.8 Å². The Kier molecular flexibility index (Phi) is 5.66. The van der Waals surface area contributed by atoms with Crippen LogP contribution in [0.5, 0.6) is 11.5 Å². The van der Waals surface area contributed by atoms with Gasteiger partial charge in [0.1, 0.15) is 17.8 Å². The van der Waals surface area contributed by atoms with Crippen LogP contribution in [0, 0.1) is 0 Å². The highest BCUT2D eigenvalue weighted by Gasteiger charge is 2.11. The number of hydrogen-bond acceptors (Lipinski definition) is 5. The van der Waals surface area contributed by atoms with Gasteiger partial charge in [0.2, 0.25) is 0 Å². The Bertz CT molecular complexity index is 1300. The van der Waals surface area contributed by atoms with Gasteiger partial charge in [-0.05, 0) is 48.5 Å². The quantitative estimate of drug-likeness (QED) is 0.522. The largest absolute Gasteiger partial charge is 0.497 e. The number of rotatable bonds is 6. The van der Waals surface area contributed by atoms with Gasteiger partial charge in [0.05, 0.1) is 30.8 Å². The van der Waals surface area contributed by atoms with Crippen molar-refractivity contribution in [3.63, 3.8) is 0 Å². The van der Waals surface area contributed by atoms with E-state index in [4.69, 9.17) is 9.47 Å². The number of hydrogen-bond donors (Lipinski definition) is 1. The van der Waals surface area contributed by atoms with E-state index in [0.717, 1.165) is 5.56 Å². The number of fused-ring (bicyclic) bond motifs is 1. The predicted octanol–water partition coefficient (Wildman–Crippen LogP) is 3.33. The molecule has 0 unspecified atom stereocenters. The number of benzene rings is 3. The maximum Gasteiger partial charge on any atom is 0.265 e. The van der Waals surface area contributed by atoms with Gasteiger partial charge in [-0.1, -0.05) is 18.2 Å². The monoisotopic (exact) mass is 415 g/mol. The van der Waals surface area contributed by atoms with Crippen molar-refractivity contribution in [1.29, 1.82) is 0 Å². The number of carbonyl (C=O) groups excluding carboxylic acids is 1. The van der Waals surface area contributed by atoms with Gasteiger partial charge in [0.15, 0.2) is 0 Å². The van der Waals surface area contributed by atoms with E-state index < -0.39 is 0 Å². The van der Waals surface area contributed by atoms with Crippen LogP contribution in [-0.4, -0.2) is 29.7 Å². The van der Waals surface area contributed by atoms with Crippen molar-refractivity contribution in [1.82, 2.24) is 14.9 Å². The number of para-hydroxylation sites is 1. The minimum absolute atomic E-state index is 0.212. The lowest BCUT2D eigenvalue weighted by molar-refractivity contribution is 0.0951. The topological polar surface area (TPSA) is 82.5 Å². The first-order valence-electron chi connectivity index (χ1n) is 9.66. The van der Waals surface area contributed by atoms with Gasteiger partial charge in [0, 0.05) is 17.7 Å². The van der Waals surface area contributed by atoms with Crippen LogP contribution >= 0.6 is 0 Å². The van der Waals surface area contributed by atoms with Gasteiger partial charge in [-0.15, -0.1) is 0 Å². The second-order valence-electron chi connectivity index (χ2n) is 6.84. The molecule has 1 aromatic heterocycles. The second-order valence-corrected chi connectivity index (χ2v) is 6.84. The molecule has 156 valence electrons. The van der Waals surface area contributed by atoms with E-state index in [1.165, 1.54) is 10.9 Å². The fourth-order valence-corrected chi connectivity index (χ4v) is 3.32. The maximum absolute atomic E-state index is 12.9. The molecule has 31 heavy (non-hydrogen) atoms. The van der Waals surface area contributed by atoms with Crippen LogP contribution in [0.1, 0.15) is 15.9 Å². The van der Waals surface area contributed by atoms with E-state index in [9.17, 15) is 9.59 Å². The molecule has 4 aromatic rings. The number of ether oxygens (including phenoxy) is 2. The Hall–Kier alpha value is -4.13. The first-order chi connectivity index (χ1) is 15.1. The first kappa shape index (κ1) is 20.2. The van der Waals surface area contributed by atoms with Crippen LogP contribution in [0.2, 0.25) is 0 Å². The van der Waals surface area contributed by atoms with Crippen molar-refractivity contribution in [2.24, 2.45) is 0 Å². The summed E-state index contributed by atoms with van der Waals surface area (Å²) in [6.07, 6.45) is 1.46. The molecule has 1 N–H and O–H groups in total. The maximum atomic E-state index is 12.9. The SMILES string of the molecule is COc1ccc(-n2cnc3cc(C(=O)NCc4ccccc4OC)ccc3c2=O)cc1. The molecule has 1 amide bonds. The molecular formula is C24H21N3O4. The van der Waals surface area contributed by atoms with Crippen molar-refractivity contribution in [3.05, 3.63) is 94.5 Å². The molecule has 4 rings (SSSR count). The number of aromatic nitrogens is 2. The zero-order valence-corrected chi connectivity index (χ0v) is 17.2. The third-order valence-corrected chi connectivity index (χ3v) is 5.00. The van der Waals surface area contributed by atoms with E-state index in [1.807, 2.05) is 24.3 Å². The third-order valence-electron chi connectivity index (χ3n) is 5.00. The van der Waals surface area contributed by atoms with Gasteiger partial charge in [-0.3, -0.25) is 14.2 Å². The van der Waals surface area contributed by atoms with Crippen molar-refractivity contribution < 1.29 is 14.3 Å². The van der Waals surface area contributed by atoms with Crippen LogP contribution < -0.4 is 20.3 Å². The smallest absolute Gasteiger partial charge is 0.265 e. The lowest BCUT2D eigenvalue weighted by atomic mass is 10.1. The van der Waals surface area contributed by atoms with Gasteiger partial charge < -0.3 is 14.8 Å². The van der Waals surface area contributed by atoms with Gasteiger partial charge >= 0.3 is 0 Å². The zero-order chi connectivity index (χ0) is 21.8. The molecule has 7 nitrogen and oxygen atoms in total. The van der Waals surface area contributed by atoms with Crippen LogP contribution in [0.4, 0.5) is 0 Å². The highest BCUT2D eigenvalue weighted by Crippen LogP contribution is 2.18. The molecule has 0 radical (unpaired) electrons. The van der Waals surface area contributed by atoms with Crippen molar-refractivity contribution in [3.8, 4) is 17.2 Å². The Morgan fingerprint density at radius 3 is 2.52 bits per heavy atom. The Morgan fingerprint density at radius 1 is 1.00 bits per heavy atom. The number of nitrogens with zero attached hydrogens (tertiary/aromatic N) is 2. The van der Waals surface area contributed by atoms with Crippen molar-refractivity contribution in [2.45, 2.75) is 6.54 Å². The molecule has 0 saturated carbocycles. The van der Waals surface area contributed by atoms with E-state index in [0.29, 0.717) is 40.2 Å². The minimum Gasteiger partial charge on any atom is -0.497 e. The van der Waals surface area contributed by atoms with Gasteiger partial charge in [-0.25, -0.2) is 4.98 Å². The number of nitrogens with one attached hydrogen (secondary N) is 1. The molecule has 0 aliphatic heterocycles. The zero-order valence-electron chi connectivity index (χ0n) is 17.2. The molecule has 0 fully saturated rings. The molecule has 0 aliphatic rings. The first-order valence-corrected chi connectivity index (χ1v) is 9.66. The second kappa shape index (κ2) is 8.71. The van der Waals surface area contributed by atoms with Crippen molar-refractivity contribution in [2.75, 3.05) is 14.2 Å². The molecule has 0 aliphatic carbocycles. The Labute approximate surface area is 178 Å². The number of carbonyl (C=O) groups is 1. The molecule has 7 heteroatoms. The summed E-state index contributed by atoms with van der Waals surface area (Å²) in [4.78, 5) is 29.9. The van der Waals surface area contributed by atoms with E-state index in [2.05, 4.69) is 10.3 Å². The summed E-state index contributed by atoms with van der Waals surface area (Å²) >= 11 is 0.